The summed E-state index contributed by atoms with van der Waals surface area (Å²) < 4.78 is 7.37. The lowest BCUT2D eigenvalue weighted by molar-refractivity contribution is -0.0384. The maximum absolute atomic E-state index is 9.46. The fourth-order valence-electron chi connectivity index (χ4n) is 2.66. The number of aliphatic hydroxyl groups is 1. The van der Waals surface area contributed by atoms with E-state index < -0.39 is 17.7 Å². The number of anilines is 2. The van der Waals surface area contributed by atoms with Crippen LogP contribution in [-0.4, -0.2) is 37.3 Å². The summed E-state index contributed by atoms with van der Waals surface area (Å²) in [6, 6.07) is 2.25. The molecular formula is C12H15N7O2. The number of hydrogen-bond acceptors (Lipinski definition) is 8. The number of fused-ring (bicyclic) bond motifs is 1. The van der Waals surface area contributed by atoms with Gasteiger partial charge < -0.3 is 21.3 Å². The minimum Gasteiger partial charge on any atom is -0.394 e. The van der Waals surface area contributed by atoms with Gasteiger partial charge in [0, 0.05) is 0 Å². The van der Waals surface area contributed by atoms with Gasteiger partial charge in [-0.1, -0.05) is 0 Å². The van der Waals surface area contributed by atoms with Crippen molar-refractivity contribution in [2.75, 3.05) is 18.1 Å². The molecule has 21 heavy (non-hydrogen) atoms. The highest BCUT2D eigenvalue weighted by molar-refractivity contribution is 5.82. The van der Waals surface area contributed by atoms with Gasteiger partial charge in [0.15, 0.2) is 17.7 Å². The second kappa shape index (κ2) is 4.54. The van der Waals surface area contributed by atoms with E-state index in [1.165, 1.54) is 6.33 Å². The van der Waals surface area contributed by atoms with Crippen molar-refractivity contribution in [1.82, 2.24) is 19.5 Å². The maximum Gasteiger partial charge on any atom is 0.224 e. The Kier molecular flexibility index (Phi) is 2.93. The normalized spacial score (nSPS) is 28.8. The third-order valence-corrected chi connectivity index (χ3v) is 3.70. The average molecular weight is 289 g/mol. The standard InChI is InChI=1S/C12H15N7O2/c1-12(4-13)2-6(3-20)21-10(12)19-5-16-7-8(14)17-11(15)18-9(7)19/h5-6,10,20H,2-3H2,1H3,(H4,14,15,17,18)/t6-,10+,12-/m0/s1. The summed E-state index contributed by atoms with van der Waals surface area (Å²) in [4.78, 5) is 12.1. The summed E-state index contributed by atoms with van der Waals surface area (Å²) in [5, 5.41) is 18.7. The molecular weight excluding hydrogens is 274 g/mol. The van der Waals surface area contributed by atoms with Gasteiger partial charge in [-0.05, 0) is 13.3 Å². The first kappa shape index (κ1) is 13.5. The monoisotopic (exact) mass is 289 g/mol. The first-order chi connectivity index (χ1) is 9.98. The van der Waals surface area contributed by atoms with Crippen LogP contribution in [0.2, 0.25) is 0 Å². The van der Waals surface area contributed by atoms with E-state index in [-0.39, 0.29) is 18.4 Å². The second-order valence-electron chi connectivity index (χ2n) is 5.32. The van der Waals surface area contributed by atoms with E-state index in [1.54, 1.807) is 11.5 Å². The fraction of sp³-hybridized carbons (Fsp3) is 0.500. The number of aromatic nitrogens is 4. The molecule has 0 aromatic carbocycles. The zero-order valence-electron chi connectivity index (χ0n) is 11.4. The first-order valence-electron chi connectivity index (χ1n) is 6.41. The summed E-state index contributed by atoms with van der Waals surface area (Å²) in [7, 11) is 0. The van der Waals surface area contributed by atoms with Crippen molar-refractivity contribution in [3.8, 4) is 6.07 Å². The molecule has 2 aromatic heterocycles. The molecule has 2 aromatic rings. The minimum absolute atomic E-state index is 0.0251. The molecule has 0 spiro atoms. The molecule has 3 atom stereocenters. The van der Waals surface area contributed by atoms with E-state index in [0.717, 1.165) is 0 Å². The SMILES string of the molecule is C[C@@]1(C#N)C[C@@H](CO)O[C@H]1n1cnc2c(N)nc(N)nc21. The molecule has 0 amide bonds. The smallest absolute Gasteiger partial charge is 0.224 e. The van der Waals surface area contributed by atoms with E-state index >= 15 is 0 Å². The van der Waals surface area contributed by atoms with Gasteiger partial charge in [0.1, 0.15) is 10.9 Å². The van der Waals surface area contributed by atoms with E-state index in [1.807, 2.05) is 0 Å². The third kappa shape index (κ3) is 1.96. The minimum atomic E-state index is -0.810. The van der Waals surface area contributed by atoms with Crippen LogP contribution in [-0.2, 0) is 4.74 Å². The molecule has 1 aliphatic heterocycles. The zero-order chi connectivity index (χ0) is 15.2. The van der Waals surface area contributed by atoms with Crippen LogP contribution in [0.4, 0.5) is 11.8 Å². The van der Waals surface area contributed by atoms with E-state index in [2.05, 4.69) is 21.0 Å². The van der Waals surface area contributed by atoms with E-state index in [4.69, 9.17) is 16.2 Å². The van der Waals surface area contributed by atoms with Crippen LogP contribution >= 0.6 is 0 Å². The Labute approximate surface area is 120 Å². The lowest BCUT2D eigenvalue weighted by Crippen LogP contribution is -2.24. The molecule has 110 valence electrons. The summed E-state index contributed by atoms with van der Waals surface area (Å²) in [5.41, 5.74) is 11.4. The van der Waals surface area contributed by atoms with Crippen molar-refractivity contribution in [2.45, 2.75) is 25.7 Å². The van der Waals surface area contributed by atoms with Crippen LogP contribution in [0, 0.1) is 16.7 Å². The van der Waals surface area contributed by atoms with Gasteiger partial charge in [-0.3, -0.25) is 4.57 Å². The lowest BCUT2D eigenvalue weighted by Gasteiger charge is -2.23. The lowest BCUT2D eigenvalue weighted by atomic mass is 9.87. The van der Waals surface area contributed by atoms with Crippen LogP contribution < -0.4 is 11.5 Å². The summed E-state index contributed by atoms with van der Waals surface area (Å²) in [6.07, 6.45) is 0.877. The van der Waals surface area contributed by atoms with Gasteiger partial charge in [-0.15, -0.1) is 0 Å². The number of nitrogens with two attached hydrogens (primary N) is 2. The van der Waals surface area contributed by atoms with Crippen LogP contribution in [0.25, 0.3) is 11.2 Å². The molecule has 0 saturated carbocycles. The predicted octanol–water partition coefficient (Wildman–Crippen LogP) is -0.200. The molecule has 3 rings (SSSR count). The molecule has 0 radical (unpaired) electrons. The van der Waals surface area contributed by atoms with Crippen LogP contribution in [0.3, 0.4) is 0 Å². The molecule has 9 nitrogen and oxygen atoms in total. The zero-order valence-corrected chi connectivity index (χ0v) is 11.4. The van der Waals surface area contributed by atoms with Gasteiger partial charge >= 0.3 is 0 Å². The summed E-state index contributed by atoms with van der Waals surface area (Å²) in [5.74, 6) is 0.198. The molecule has 9 heteroatoms. The Morgan fingerprint density at radius 2 is 2.33 bits per heavy atom. The van der Waals surface area contributed by atoms with E-state index in [0.29, 0.717) is 17.6 Å². The number of nitrogens with zero attached hydrogens (tertiary/aromatic N) is 5. The molecule has 5 N–H and O–H groups in total. The number of imidazole rings is 1. The molecule has 1 fully saturated rings. The summed E-state index contributed by atoms with van der Waals surface area (Å²) >= 11 is 0. The highest BCUT2D eigenvalue weighted by Gasteiger charge is 2.47. The molecule has 1 saturated heterocycles. The Morgan fingerprint density at radius 1 is 1.57 bits per heavy atom. The molecule has 0 unspecified atom stereocenters. The van der Waals surface area contributed by atoms with Crippen molar-refractivity contribution >= 4 is 22.9 Å². The Morgan fingerprint density at radius 3 is 3.00 bits per heavy atom. The fourth-order valence-corrected chi connectivity index (χ4v) is 2.66. The molecule has 3 heterocycles. The van der Waals surface area contributed by atoms with Crippen molar-refractivity contribution in [1.29, 1.82) is 5.26 Å². The number of nitrogen functional groups attached to an aromatic ring is 2. The number of nitriles is 1. The second-order valence-corrected chi connectivity index (χ2v) is 5.32. The topological polar surface area (TPSA) is 149 Å². The molecule has 0 aliphatic carbocycles. The number of hydrogen-bond donors (Lipinski definition) is 3. The van der Waals surface area contributed by atoms with Gasteiger partial charge in [0.2, 0.25) is 5.95 Å². The Bertz CT molecular complexity index is 737. The largest absolute Gasteiger partial charge is 0.394 e. The summed E-state index contributed by atoms with van der Waals surface area (Å²) in [6.45, 7) is 1.62. The maximum atomic E-state index is 9.46. The number of ether oxygens (including phenoxy) is 1. The van der Waals surface area contributed by atoms with Gasteiger partial charge in [0.05, 0.1) is 25.1 Å². The van der Waals surface area contributed by atoms with Gasteiger partial charge in [0.25, 0.3) is 0 Å². The average Bonchev–Trinajstić information content (AvgIpc) is 3.00. The van der Waals surface area contributed by atoms with Crippen molar-refractivity contribution in [2.24, 2.45) is 5.41 Å². The van der Waals surface area contributed by atoms with E-state index in [9.17, 15) is 10.4 Å². The van der Waals surface area contributed by atoms with Gasteiger partial charge in [-0.2, -0.15) is 15.2 Å². The Hall–Kier alpha value is -2.44. The van der Waals surface area contributed by atoms with Crippen molar-refractivity contribution in [3.63, 3.8) is 0 Å². The van der Waals surface area contributed by atoms with Crippen LogP contribution in [0.15, 0.2) is 6.33 Å². The Balaban J connectivity index is 2.14. The third-order valence-electron chi connectivity index (χ3n) is 3.70. The number of rotatable bonds is 2. The first-order valence-corrected chi connectivity index (χ1v) is 6.41. The van der Waals surface area contributed by atoms with Crippen LogP contribution in [0.1, 0.15) is 19.6 Å². The highest BCUT2D eigenvalue weighted by Crippen LogP contribution is 2.45. The number of aliphatic hydroxyl groups excluding tert-OH is 1. The predicted molar refractivity (Wildman–Crippen MR) is 73.5 cm³/mol. The highest BCUT2D eigenvalue weighted by atomic mass is 16.5. The van der Waals surface area contributed by atoms with Crippen molar-refractivity contribution < 1.29 is 9.84 Å². The molecule has 0 bridgehead atoms. The van der Waals surface area contributed by atoms with Gasteiger partial charge in [-0.25, -0.2) is 4.98 Å². The molecule has 1 aliphatic rings. The quantitative estimate of drug-likeness (QED) is 0.688. The van der Waals surface area contributed by atoms with Crippen molar-refractivity contribution in [3.05, 3.63) is 6.33 Å². The van der Waals surface area contributed by atoms with Crippen LogP contribution in [0.5, 0.6) is 0 Å².